The van der Waals surface area contributed by atoms with Gasteiger partial charge in [0.05, 0.1) is 17.9 Å². The Morgan fingerprint density at radius 3 is 2.49 bits per heavy atom. The third kappa shape index (κ3) is 5.98. The van der Waals surface area contributed by atoms with E-state index in [0.717, 1.165) is 12.1 Å². The average molecular weight is 517 g/mol. The van der Waals surface area contributed by atoms with E-state index in [-0.39, 0.29) is 41.3 Å². The van der Waals surface area contributed by atoms with Crippen LogP contribution in [0.1, 0.15) is 64.6 Å². The maximum atomic E-state index is 14.1. The number of carbonyl (C=O) groups excluding carboxylic acids is 1. The van der Waals surface area contributed by atoms with Crippen LogP contribution in [0.4, 0.5) is 22.0 Å². The topological polar surface area (TPSA) is 48.4 Å². The lowest BCUT2D eigenvalue weighted by Gasteiger charge is -2.17. The number of allylic oxidation sites excluding steroid dienone is 2. The number of aromatic nitrogens is 1. The molecule has 37 heavy (non-hydrogen) atoms. The Balaban J connectivity index is 1.82. The molecular formula is C28H24F5NO3. The first kappa shape index (κ1) is 26.3. The van der Waals surface area contributed by atoms with Gasteiger partial charge in [-0.15, -0.1) is 0 Å². The fourth-order valence-electron chi connectivity index (χ4n) is 4.29. The number of esters is 1. The third-order valence-corrected chi connectivity index (χ3v) is 6.02. The summed E-state index contributed by atoms with van der Waals surface area (Å²) >= 11 is 0. The molecule has 4 nitrogen and oxygen atoms in total. The Hall–Kier alpha value is -3.75. The molecule has 0 fully saturated rings. The van der Waals surface area contributed by atoms with Crippen LogP contribution in [-0.4, -0.2) is 17.6 Å². The fraction of sp³-hybridized carbons (Fsp3) is 0.286. The molecular weight excluding hydrogens is 493 g/mol. The van der Waals surface area contributed by atoms with Gasteiger partial charge in [0, 0.05) is 11.1 Å². The van der Waals surface area contributed by atoms with Crippen molar-refractivity contribution in [3.63, 3.8) is 0 Å². The predicted molar refractivity (Wildman–Crippen MR) is 128 cm³/mol. The summed E-state index contributed by atoms with van der Waals surface area (Å²) in [5.74, 6) is -1.06. The molecule has 0 spiro atoms. The van der Waals surface area contributed by atoms with E-state index in [2.05, 4.69) is 4.98 Å². The maximum Gasteiger partial charge on any atom is 0.416 e. The molecule has 194 valence electrons. The molecule has 0 saturated heterocycles. The highest BCUT2D eigenvalue weighted by Gasteiger charge is 2.32. The highest BCUT2D eigenvalue weighted by Crippen LogP contribution is 2.44. The van der Waals surface area contributed by atoms with Gasteiger partial charge in [0.15, 0.2) is 0 Å². The molecule has 0 amide bonds. The zero-order chi connectivity index (χ0) is 26.6. The Bertz CT molecular complexity index is 1330. The Kier molecular flexibility index (Phi) is 7.90. The molecule has 0 aliphatic heterocycles. The first-order chi connectivity index (χ1) is 17.7. The maximum absolute atomic E-state index is 14.1. The van der Waals surface area contributed by atoms with Crippen LogP contribution < -0.4 is 4.74 Å². The van der Waals surface area contributed by atoms with E-state index in [9.17, 15) is 26.7 Å². The van der Waals surface area contributed by atoms with Crippen molar-refractivity contribution in [2.75, 3.05) is 6.61 Å². The predicted octanol–water partition coefficient (Wildman–Crippen LogP) is 7.56. The van der Waals surface area contributed by atoms with Crippen LogP contribution in [0, 0.1) is 5.82 Å². The van der Waals surface area contributed by atoms with Crippen LogP contribution in [0.2, 0.25) is 0 Å². The number of hydrogen-bond donors (Lipinski definition) is 0. The molecule has 0 unspecified atom stereocenters. The summed E-state index contributed by atoms with van der Waals surface area (Å²) in [5, 5.41) is 0. The van der Waals surface area contributed by atoms with Gasteiger partial charge >= 0.3 is 12.1 Å². The van der Waals surface area contributed by atoms with Crippen LogP contribution >= 0.6 is 0 Å². The first-order valence-electron chi connectivity index (χ1n) is 11.8. The van der Waals surface area contributed by atoms with Crippen molar-refractivity contribution in [2.45, 2.75) is 45.6 Å². The van der Waals surface area contributed by atoms with Crippen LogP contribution in [0.3, 0.4) is 0 Å². The molecule has 0 N–H and O–H groups in total. The first-order valence-corrected chi connectivity index (χ1v) is 11.8. The van der Waals surface area contributed by atoms with Crippen molar-refractivity contribution in [3.8, 4) is 5.75 Å². The summed E-state index contributed by atoms with van der Waals surface area (Å²) in [5.41, 5.74) is 1.15. The van der Waals surface area contributed by atoms with Gasteiger partial charge in [0.2, 0.25) is 0 Å². The highest BCUT2D eigenvalue weighted by molar-refractivity contribution is 5.95. The van der Waals surface area contributed by atoms with Crippen LogP contribution in [0.5, 0.6) is 5.75 Å². The van der Waals surface area contributed by atoms with E-state index >= 15 is 0 Å². The SMILES string of the molecule is CCOC(=O)c1cc(CF)cc(C2=C(c3cc(C(F)(F)F)ccc3OCc3ccccc3F)CCC2)n1. The molecule has 0 radical (unpaired) electrons. The molecule has 1 aromatic heterocycles. The number of hydrogen-bond acceptors (Lipinski definition) is 4. The summed E-state index contributed by atoms with van der Waals surface area (Å²) in [4.78, 5) is 16.6. The number of alkyl halides is 4. The van der Waals surface area contributed by atoms with Crippen molar-refractivity contribution in [1.82, 2.24) is 4.98 Å². The summed E-state index contributed by atoms with van der Waals surface area (Å²) in [6.07, 6.45) is -3.10. The van der Waals surface area contributed by atoms with Gasteiger partial charge in [-0.05, 0) is 79.3 Å². The van der Waals surface area contributed by atoms with E-state index in [1.807, 2.05) is 0 Å². The molecule has 0 bridgehead atoms. The lowest BCUT2D eigenvalue weighted by atomic mass is 9.96. The minimum absolute atomic E-state index is 0.0779. The van der Waals surface area contributed by atoms with E-state index in [1.165, 1.54) is 36.4 Å². The van der Waals surface area contributed by atoms with Gasteiger partial charge in [0.1, 0.15) is 30.5 Å². The zero-order valence-electron chi connectivity index (χ0n) is 20.0. The number of ether oxygens (including phenoxy) is 2. The standard InChI is InChI=1S/C28H24F5NO3/c1-2-36-27(35)25-13-17(15-29)12-24(34-25)21-8-5-7-20(21)22-14-19(28(31,32)33)10-11-26(22)37-16-18-6-3-4-9-23(18)30/h3-4,6,9-14H,2,5,7-8,15-16H2,1H3. The van der Waals surface area contributed by atoms with E-state index in [4.69, 9.17) is 9.47 Å². The van der Waals surface area contributed by atoms with Gasteiger partial charge in [-0.3, -0.25) is 0 Å². The van der Waals surface area contributed by atoms with E-state index in [1.54, 1.807) is 13.0 Å². The molecule has 4 rings (SSSR count). The van der Waals surface area contributed by atoms with Crippen molar-refractivity contribution in [2.24, 2.45) is 0 Å². The minimum atomic E-state index is -4.60. The zero-order valence-corrected chi connectivity index (χ0v) is 20.0. The molecule has 2 aromatic carbocycles. The van der Waals surface area contributed by atoms with Crippen LogP contribution in [-0.2, 0) is 24.2 Å². The van der Waals surface area contributed by atoms with Gasteiger partial charge in [-0.25, -0.2) is 18.6 Å². The largest absolute Gasteiger partial charge is 0.488 e. The van der Waals surface area contributed by atoms with Crippen molar-refractivity contribution in [1.29, 1.82) is 0 Å². The highest BCUT2D eigenvalue weighted by atomic mass is 19.4. The molecule has 1 aliphatic rings. The van der Waals surface area contributed by atoms with Crippen LogP contribution in [0.25, 0.3) is 11.1 Å². The molecule has 3 aromatic rings. The summed E-state index contributed by atoms with van der Waals surface area (Å²) in [6.45, 7) is 0.698. The van der Waals surface area contributed by atoms with Gasteiger partial charge < -0.3 is 9.47 Å². The lowest BCUT2D eigenvalue weighted by Crippen LogP contribution is -2.10. The number of pyridine rings is 1. The number of benzene rings is 2. The second-order valence-corrected chi connectivity index (χ2v) is 8.50. The smallest absolute Gasteiger partial charge is 0.416 e. The Morgan fingerprint density at radius 1 is 1.03 bits per heavy atom. The second-order valence-electron chi connectivity index (χ2n) is 8.50. The molecule has 0 saturated carbocycles. The third-order valence-electron chi connectivity index (χ3n) is 6.02. The molecule has 1 aliphatic carbocycles. The Labute approximate surface area is 210 Å². The monoisotopic (exact) mass is 517 g/mol. The quantitative estimate of drug-likeness (QED) is 0.229. The summed E-state index contributed by atoms with van der Waals surface area (Å²) in [7, 11) is 0. The van der Waals surface area contributed by atoms with E-state index in [0.29, 0.717) is 36.1 Å². The number of rotatable bonds is 8. The average Bonchev–Trinajstić information content (AvgIpc) is 3.37. The van der Waals surface area contributed by atoms with Gasteiger partial charge in [0.25, 0.3) is 0 Å². The summed E-state index contributed by atoms with van der Waals surface area (Å²) in [6, 6.07) is 11.9. The minimum Gasteiger partial charge on any atom is -0.488 e. The van der Waals surface area contributed by atoms with Gasteiger partial charge in [-0.2, -0.15) is 13.2 Å². The Morgan fingerprint density at radius 2 is 1.78 bits per heavy atom. The van der Waals surface area contributed by atoms with Crippen molar-refractivity contribution in [3.05, 3.63) is 94.1 Å². The second kappa shape index (κ2) is 11.1. The summed E-state index contributed by atoms with van der Waals surface area (Å²) < 4.78 is 79.4. The fourth-order valence-corrected chi connectivity index (χ4v) is 4.29. The lowest BCUT2D eigenvalue weighted by molar-refractivity contribution is -0.137. The number of halogens is 5. The molecule has 0 atom stereocenters. The van der Waals surface area contributed by atoms with Crippen LogP contribution in [0.15, 0.2) is 54.6 Å². The van der Waals surface area contributed by atoms with Crippen molar-refractivity contribution < 1.29 is 36.2 Å². The number of carbonyl (C=O) groups is 1. The van der Waals surface area contributed by atoms with E-state index < -0.39 is 30.2 Å². The van der Waals surface area contributed by atoms with Gasteiger partial charge in [-0.1, -0.05) is 18.2 Å². The number of nitrogens with zero attached hydrogens (tertiary/aromatic N) is 1. The normalized spacial score (nSPS) is 13.7. The molecule has 9 heteroatoms. The van der Waals surface area contributed by atoms with Crippen molar-refractivity contribution >= 4 is 17.1 Å². The molecule has 1 heterocycles.